The Morgan fingerprint density at radius 1 is 1.12 bits per heavy atom. The molecular weight excluding hydrogens is 450 g/mol. The van der Waals surface area contributed by atoms with Crippen LogP contribution in [0, 0.1) is 5.92 Å². The molecule has 8 heteroatoms. The largest absolute Gasteiger partial charge is 0.497 e. The first-order valence-corrected chi connectivity index (χ1v) is 13.0. The van der Waals surface area contributed by atoms with Gasteiger partial charge in [0.2, 0.25) is 5.91 Å². The van der Waals surface area contributed by atoms with E-state index in [2.05, 4.69) is 28.8 Å². The number of sulfonamides is 1. The first-order chi connectivity index (χ1) is 16.3. The van der Waals surface area contributed by atoms with Gasteiger partial charge in [0.05, 0.1) is 7.11 Å². The van der Waals surface area contributed by atoms with Gasteiger partial charge < -0.3 is 15.0 Å². The van der Waals surface area contributed by atoms with Gasteiger partial charge in [-0.2, -0.15) is 8.42 Å². The second kappa shape index (κ2) is 10.0. The number of carbonyl (C=O) groups excluding carboxylic acids is 1. The summed E-state index contributed by atoms with van der Waals surface area (Å²) in [6, 6.07) is 17.1. The maximum Gasteiger partial charge on any atom is 0.285 e. The highest BCUT2D eigenvalue weighted by atomic mass is 32.2. The van der Waals surface area contributed by atoms with E-state index in [0.29, 0.717) is 55.2 Å². The Labute approximate surface area is 201 Å². The van der Waals surface area contributed by atoms with E-state index in [0.717, 1.165) is 0 Å². The summed E-state index contributed by atoms with van der Waals surface area (Å²) in [5.41, 5.74) is 2.44. The first-order valence-electron chi connectivity index (χ1n) is 11.6. The van der Waals surface area contributed by atoms with Crippen LogP contribution in [0.15, 0.2) is 64.6 Å². The molecule has 0 radical (unpaired) electrons. The van der Waals surface area contributed by atoms with Gasteiger partial charge >= 0.3 is 0 Å². The van der Waals surface area contributed by atoms with E-state index in [1.807, 2.05) is 23.1 Å². The van der Waals surface area contributed by atoms with Gasteiger partial charge in [-0.05, 0) is 61.1 Å². The van der Waals surface area contributed by atoms with Crippen LogP contribution in [0.2, 0.25) is 0 Å². The lowest BCUT2D eigenvalue weighted by atomic mass is 9.94. The molecule has 2 heterocycles. The summed E-state index contributed by atoms with van der Waals surface area (Å²) in [6.45, 7) is 5.68. The monoisotopic (exact) mass is 481 g/mol. The Morgan fingerprint density at radius 3 is 2.38 bits per heavy atom. The fourth-order valence-corrected chi connectivity index (χ4v) is 6.06. The number of nitrogens with one attached hydrogen (secondary N) is 1. The average Bonchev–Trinajstić information content (AvgIpc) is 3.11. The number of hydrogen-bond acceptors (Lipinski definition) is 5. The summed E-state index contributed by atoms with van der Waals surface area (Å²) < 4.78 is 35.0. The highest BCUT2D eigenvalue weighted by molar-refractivity contribution is 8.00. The van der Waals surface area contributed by atoms with Crippen molar-refractivity contribution in [2.24, 2.45) is 10.3 Å². The number of methoxy groups -OCH3 is 1. The zero-order valence-corrected chi connectivity index (χ0v) is 20.6. The third kappa shape index (κ3) is 5.01. The summed E-state index contributed by atoms with van der Waals surface area (Å²) in [6.07, 6.45) is 1.32. The average molecular weight is 482 g/mol. The Morgan fingerprint density at radius 2 is 1.76 bits per heavy atom. The van der Waals surface area contributed by atoms with E-state index in [1.165, 1.54) is 5.56 Å². The predicted octanol–water partition coefficient (Wildman–Crippen LogP) is 3.80. The Hall–Kier alpha value is -3.13. The van der Waals surface area contributed by atoms with Gasteiger partial charge in [-0.25, -0.2) is 0 Å². The molecule has 1 atom stereocenters. The summed E-state index contributed by atoms with van der Waals surface area (Å²) in [5.74, 6) is 1.38. The Balaban J connectivity index is 1.37. The molecule has 2 aliphatic heterocycles. The van der Waals surface area contributed by atoms with Crippen LogP contribution in [-0.4, -0.2) is 51.8 Å². The molecule has 1 saturated heterocycles. The van der Waals surface area contributed by atoms with E-state index < -0.39 is 10.0 Å². The molecule has 2 aromatic rings. The van der Waals surface area contributed by atoms with Crippen molar-refractivity contribution in [3.63, 3.8) is 0 Å². The number of hydrogen-bond donors (Lipinski definition) is 1. The number of benzene rings is 2. The number of likely N-dealkylation sites (tertiary alicyclic amines) is 1. The number of piperidine rings is 1. The lowest BCUT2D eigenvalue weighted by Gasteiger charge is -2.33. The molecular formula is C26H31N3O4S. The number of carbonyl (C=O) groups is 1. The molecule has 2 aliphatic rings. The fraction of sp³-hybridized carbons (Fsp3) is 0.385. The molecule has 1 unspecified atom stereocenters. The second-order valence-corrected chi connectivity index (χ2v) is 10.4. The summed E-state index contributed by atoms with van der Waals surface area (Å²) in [4.78, 5) is 15.0. The van der Waals surface area contributed by atoms with Crippen LogP contribution < -0.4 is 10.1 Å². The van der Waals surface area contributed by atoms with E-state index in [-0.39, 0.29) is 22.6 Å². The van der Waals surface area contributed by atoms with Crippen LogP contribution >= 0.6 is 0 Å². The minimum atomic E-state index is -3.78. The zero-order chi connectivity index (χ0) is 24.3. The highest BCUT2D eigenvalue weighted by Crippen LogP contribution is 2.35. The van der Waals surface area contributed by atoms with E-state index in [1.54, 1.807) is 38.3 Å². The van der Waals surface area contributed by atoms with Gasteiger partial charge in [0.15, 0.2) is 0 Å². The van der Waals surface area contributed by atoms with Crippen molar-refractivity contribution in [2.75, 3.05) is 26.7 Å². The fourth-order valence-electron chi connectivity index (χ4n) is 4.58. The molecule has 0 bridgehead atoms. The molecule has 180 valence electrons. The predicted molar refractivity (Wildman–Crippen MR) is 134 cm³/mol. The van der Waals surface area contributed by atoms with Crippen molar-refractivity contribution in [3.05, 3.63) is 71.3 Å². The molecule has 1 amide bonds. The van der Waals surface area contributed by atoms with Crippen LogP contribution in [-0.2, 0) is 14.8 Å². The molecule has 34 heavy (non-hydrogen) atoms. The third-order valence-electron chi connectivity index (χ3n) is 6.61. The lowest BCUT2D eigenvalue weighted by Crippen LogP contribution is -2.43. The van der Waals surface area contributed by atoms with Gasteiger partial charge in [-0.3, -0.25) is 4.79 Å². The minimum Gasteiger partial charge on any atom is -0.497 e. The van der Waals surface area contributed by atoms with Gasteiger partial charge in [0.1, 0.15) is 16.5 Å². The van der Waals surface area contributed by atoms with Crippen molar-refractivity contribution >= 4 is 26.7 Å². The number of rotatable bonds is 6. The SMILES string of the molecule is COc1ccc(C2=C(C)C(N3CCC(C(=O)NCC(C)c4ccccc4)CC3)=NS2(=O)=O)cc1. The normalized spacial score (nSPS) is 19.0. The standard InChI is InChI=1S/C26H31N3O4S/c1-18(20-7-5-4-6-8-20)17-27-26(30)22-13-15-29(16-14-22)25-19(2)24(34(31,32)28-25)21-9-11-23(33-3)12-10-21/h4-12,18,22H,13-17H2,1-3H3,(H,27,30). The topological polar surface area (TPSA) is 88.1 Å². The van der Waals surface area contributed by atoms with Gasteiger partial charge in [0.25, 0.3) is 10.0 Å². The minimum absolute atomic E-state index is 0.0644. The van der Waals surface area contributed by atoms with Crippen molar-refractivity contribution in [2.45, 2.75) is 32.6 Å². The Kier molecular flexibility index (Phi) is 7.07. The molecule has 1 fully saturated rings. The van der Waals surface area contributed by atoms with Crippen LogP contribution in [0.1, 0.15) is 43.7 Å². The van der Waals surface area contributed by atoms with E-state index in [9.17, 15) is 13.2 Å². The molecule has 7 nitrogen and oxygen atoms in total. The van der Waals surface area contributed by atoms with Crippen LogP contribution in [0.4, 0.5) is 0 Å². The summed E-state index contributed by atoms with van der Waals surface area (Å²) >= 11 is 0. The van der Waals surface area contributed by atoms with Crippen molar-refractivity contribution in [3.8, 4) is 5.75 Å². The number of ether oxygens (including phenoxy) is 1. The van der Waals surface area contributed by atoms with Gasteiger partial charge in [-0.1, -0.05) is 37.3 Å². The number of amides is 1. The van der Waals surface area contributed by atoms with Gasteiger partial charge in [-0.15, -0.1) is 4.40 Å². The maximum absolute atomic E-state index is 12.9. The Bertz CT molecular complexity index is 1200. The summed E-state index contributed by atoms with van der Waals surface area (Å²) in [5, 5.41) is 3.09. The third-order valence-corrected chi connectivity index (χ3v) is 8.08. The van der Waals surface area contributed by atoms with Gasteiger partial charge in [0, 0.05) is 31.1 Å². The molecule has 0 aromatic heterocycles. The molecule has 1 N–H and O–H groups in total. The second-order valence-electron chi connectivity index (χ2n) is 8.89. The zero-order valence-electron chi connectivity index (χ0n) is 19.8. The number of amidine groups is 1. The van der Waals surface area contributed by atoms with Crippen LogP contribution in [0.5, 0.6) is 5.75 Å². The number of nitrogens with zero attached hydrogens (tertiary/aromatic N) is 2. The molecule has 4 rings (SSSR count). The molecule has 0 saturated carbocycles. The van der Waals surface area contributed by atoms with Crippen molar-refractivity contribution in [1.82, 2.24) is 10.2 Å². The van der Waals surface area contributed by atoms with Crippen molar-refractivity contribution in [1.29, 1.82) is 0 Å². The highest BCUT2D eigenvalue weighted by Gasteiger charge is 2.35. The van der Waals surface area contributed by atoms with E-state index >= 15 is 0 Å². The molecule has 0 aliphatic carbocycles. The van der Waals surface area contributed by atoms with Crippen LogP contribution in [0.3, 0.4) is 0 Å². The quantitative estimate of drug-likeness (QED) is 0.678. The molecule has 0 spiro atoms. The molecule has 2 aromatic carbocycles. The smallest absolute Gasteiger partial charge is 0.285 e. The van der Waals surface area contributed by atoms with Crippen LogP contribution in [0.25, 0.3) is 4.91 Å². The lowest BCUT2D eigenvalue weighted by molar-refractivity contribution is -0.126. The van der Waals surface area contributed by atoms with E-state index in [4.69, 9.17) is 4.74 Å². The first kappa shape index (κ1) is 24.0. The summed E-state index contributed by atoms with van der Waals surface area (Å²) in [7, 11) is -2.21. The maximum atomic E-state index is 12.9. The van der Waals surface area contributed by atoms with Crippen molar-refractivity contribution < 1.29 is 17.9 Å².